The van der Waals surface area contributed by atoms with Gasteiger partial charge < -0.3 is 20.7 Å². The van der Waals surface area contributed by atoms with Gasteiger partial charge in [-0.15, -0.1) is 0 Å². The van der Waals surface area contributed by atoms with E-state index in [1.165, 1.54) is 30.3 Å². The third-order valence-corrected chi connectivity index (χ3v) is 6.21. The molecular weight excluding hydrogens is 492 g/mol. The smallest absolute Gasteiger partial charge is 0.382 e. The molecule has 1 atom stereocenters. The molecule has 12 heteroatoms. The molecule has 0 aliphatic heterocycles. The first kappa shape index (κ1) is 25.5. The van der Waals surface area contributed by atoms with Gasteiger partial charge in [-0.1, -0.05) is 0 Å². The average molecular weight is 513 g/mol. The number of carbonyl (C=O) groups excluding carboxylic acids is 2. The molecule has 1 aromatic heterocycles. The lowest BCUT2D eigenvalue weighted by atomic mass is 9.70. The first-order valence-electron chi connectivity index (χ1n) is 11.0. The third-order valence-electron chi connectivity index (χ3n) is 6.21. The summed E-state index contributed by atoms with van der Waals surface area (Å²) in [6, 6.07) is 7.38. The Bertz CT molecular complexity index is 1280. The van der Waals surface area contributed by atoms with Crippen molar-refractivity contribution in [3.05, 3.63) is 59.4 Å². The summed E-state index contributed by atoms with van der Waals surface area (Å²) >= 11 is 0. The van der Waals surface area contributed by atoms with Crippen molar-refractivity contribution in [2.45, 2.75) is 31.0 Å². The van der Waals surface area contributed by atoms with Gasteiger partial charge in [0.1, 0.15) is 17.5 Å². The van der Waals surface area contributed by atoms with Crippen molar-refractivity contribution in [1.29, 1.82) is 0 Å². The Morgan fingerprint density at radius 2 is 1.69 bits per heavy atom. The molecule has 36 heavy (non-hydrogen) atoms. The summed E-state index contributed by atoms with van der Waals surface area (Å²) in [6.07, 6.45) is -7.01. The van der Waals surface area contributed by atoms with Crippen molar-refractivity contribution in [2.75, 3.05) is 13.1 Å². The summed E-state index contributed by atoms with van der Waals surface area (Å²) in [4.78, 5) is 27.0. The van der Waals surface area contributed by atoms with Crippen LogP contribution in [-0.2, 0) is 9.59 Å². The second-order valence-electron chi connectivity index (χ2n) is 8.68. The summed E-state index contributed by atoms with van der Waals surface area (Å²) in [6.45, 7) is -1.61. The SMILES string of the molecule is O=C(CNC(=O)C1CC(c2c(-c3ccc(F)cc3)[nH]c3c(F)cc(F)cc23)C1)NC[C@@H](O)C(F)(F)F. The molecule has 0 radical (unpaired) electrons. The van der Waals surface area contributed by atoms with E-state index in [0.717, 1.165) is 6.07 Å². The number of aromatic amines is 1. The number of carbonyl (C=O) groups is 2. The van der Waals surface area contributed by atoms with Crippen LogP contribution in [0, 0.1) is 23.4 Å². The average Bonchev–Trinajstić information content (AvgIpc) is 3.14. The normalized spacial score (nSPS) is 18.5. The fourth-order valence-corrected chi connectivity index (χ4v) is 4.28. The van der Waals surface area contributed by atoms with Crippen LogP contribution in [0.15, 0.2) is 36.4 Å². The predicted molar refractivity (Wildman–Crippen MR) is 117 cm³/mol. The molecule has 1 aliphatic carbocycles. The van der Waals surface area contributed by atoms with Gasteiger partial charge in [0, 0.05) is 17.4 Å². The summed E-state index contributed by atoms with van der Waals surface area (Å²) < 4.78 is 78.7. The maximum absolute atomic E-state index is 14.5. The Labute approximate surface area is 200 Å². The van der Waals surface area contributed by atoms with Crippen LogP contribution in [0.4, 0.5) is 26.3 Å². The van der Waals surface area contributed by atoms with Crippen molar-refractivity contribution in [2.24, 2.45) is 5.92 Å². The van der Waals surface area contributed by atoms with Crippen LogP contribution < -0.4 is 10.6 Å². The lowest BCUT2D eigenvalue weighted by Crippen LogP contribution is -2.46. The molecule has 2 amide bonds. The van der Waals surface area contributed by atoms with Gasteiger partial charge in [0.25, 0.3) is 0 Å². The molecule has 0 bridgehead atoms. The highest BCUT2D eigenvalue weighted by Gasteiger charge is 2.39. The standard InChI is InChI=1S/C24H21F6N3O3/c25-14-3-1-11(2-4-14)21-20(16-7-15(26)8-17(27)22(16)33-21)12-5-13(6-12)23(36)32-10-19(35)31-9-18(34)24(28,29)30/h1-4,7-8,12-13,18,33-34H,5-6,9-10H2,(H,31,35)(H,32,36)/t12?,13?,18-/m1/s1. The number of fused-ring (bicyclic) bond motifs is 1. The van der Waals surface area contributed by atoms with Crippen LogP contribution in [0.2, 0.25) is 0 Å². The number of benzene rings is 2. The molecule has 4 N–H and O–H groups in total. The van der Waals surface area contributed by atoms with Crippen LogP contribution in [0.1, 0.15) is 24.3 Å². The third kappa shape index (κ3) is 5.32. The van der Waals surface area contributed by atoms with Gasteiger partial charge in [0.05, 0.1) is 24.3 Å². The zero-order chi connectivity index (χ0) is 26.2. The van der Waals surface area contributed by atoms with Crippen LogP contribution in [0.3, 0.4) is 0 Å². The first-order chi connectivity index (χ1) is 16.9. The molecule has 0 unspecified atom stereocenters. The van der Waals surface area contributed by atoms with Crippen LogP contribution in [-0.4, -0.2) is 47.3 Å². The van der Waals surface area contributed by atoms with Gasteiger partial charge in [-0.25, -0.2) is 13.2 Å². The van der Waals surface area contributed by atoms with Crippen molar-refractivity contribution >= 4 is 22.7 Å². The molecular formula is C24H21F6N3O3. The van der Waals surface area contributed by atoms with E-state index >= 15 is 0 Å². The van der Waals surface area contributed by atoms with E-state index in [9.17, 15) is 35.9 Å². The lowest BCUT2D eigenvalue weighted by Gasteiger charge is -2.35. The molecule has 1 heterocycles. The van der Waals surface area contributed by atoms with E-state index in [1.807, 2.05) is 5.32 Å². The minimum atomic E-state index is -4.88. The fraction of sp³-hybridized carbons (Fsp3) is 0.333. The van der Waals surface area contributed by atoms with E-state index < -0.39 is 60.6 Å². The Kier molecular flexibility index (Phi) is 6.98. The number of nitrogens with one attached hydrogen (secondary N) is 3. The maximum Gasteiger partial charge on any atom is 0.416 e. The minimum Gasteiger partial charge on any atom is -0.382 e. The van der Waals surface area contributed by atoms with E-state index in [1.54, 1.807) is 0 Å². The molecule has 1 fully saturated rings. The number of aromatic nitrogens is 1. The Morgan fingerprint density at radius 1 is 1.03 bits per heavy atom. The van der Waals surface area contributed by atoms with Gasteiger partial charge >= 0.3 is 6.18 Å². The van der Waals surface area contributed by atoms with Gasteiger partial charge in [0.15, 0.2) is 6.10 Å². The molecule has 1 aliphatic rings. The van der Waals surface area contributed by atoms with Crippen molar-refractivity contribution < 1.29 is 41.0 Å². The Balaban J connectivity index is 1.44. The number of halogens is 6. The van der Waals surface area contributed by atoms with Crippen molar-refractivity contribution in [1.82, 2.24) is 15.6 Å². The number of aliphatic hydroxyl groups excluding tert-OH is 1. The second-order valence-corrected chi connectivity index (χ2v) is 8.68. The number of aliphatic hydroxyl groups is 1. The summed E-state index contributed by atoms with van der Waals surface area (Å²) in [5.74, 6) is -4.25. The summed E-state index contributed by atoms with van der Waals surface area (Å²) in [5.41, 5.74) is 1.68. The van der Waals surface area contributed by atoms with Gasteiger partial charge in [-0.3, -0.25) is 9.59 Å². The van der Waals surface area contributed by atoms with Crippen molar-refractivity contribution in [3.63, 3.8) is 0 Å². The predicted octanol–water partition coefficient (Wildman–Crippen LogP) is 3.90. The Hall–Kier alpha value is -3.54. The number of rotatable bonds is 7. The number of hydrogen-bond donors (Lipinski definition) is 4. The highest BCUT2D eigenvalue weighted by molar-refractivity contribution is 5.93. The highest BCUT2D eigenvalue weighted by atomic mass is 19.4. The van der Waals surface area contributed by atoms with Crippen molar-refractivity contribution in [3.8, 4) is 11.3 Å². The molecule has 6 nitrogen and oxygen atoms in total. The van der Waals surface area contributed by atoms with E-state index in [-0.39, 0.29) is 11.4 Å². The minimum absolute atomic E-state index is 0.0799. The zero-order valence-corrected chi connectivity index (χ0v) is 18.6. The van der Waals surface area contributed by atoms with E-state index in [0.29, 0.717) is 35.0 Å². The van der Waals surface area contributed by atoms with E-state index in [2.05, 4.69) is 10.3 Å². The maximum atomic E-state index is 14.5. The van der Waals surface area contributed by atoms with Crippen LogP contribution in [0.25, 0.3) is 22.2 Å². The topological polar surface area (TPSA) is 94.2 Å². The number of amides is 2. The number of alkyl halides is 3. The molecule has 1 saturated carbocycles. The number of H-pyrrole nitrogens is 1. The fourth-order valence-electron chi connectivity index (χ4n) is 4.28. The summed E-state index contributed by atoms with van der Waals surface area (Å²) in [7, 11) is 0. The molecule has 4 rings (SSSR count). The van der Waals surface area contributed by atoms with Gasteiger partial charge in [0.2, 0.25) is 11.8 Å². The monoisotopic (exact) mass is 513 g/mol. The van der Waals surface area contributed by atoms with Crippen LogP contribution in [0.5, 0.6) is 0 Å². The van der Waals surface area contributed by atoms with Crippen LogP contribution >= 0.6 is 0 Å². The molecule has 2 aromatic carbocycles. The number of hydrogen-bond acceptors (Lipinski definition) is 3. The molecule has 0 spiro atoms. The lowest BCUT2D eigenvalue weighted by molar-refractivity contribution is -0.201. The quantitative estimate of drug-likeness (QED) is 0.361. The first-order valence-corrected chi connectivity index (χ1v) is 11.0. The largest absolute Gasteiger partial charge is 0.416 e. The molecule has 3 aromatic rings. The zero-order valence-electron chi connectivity index (χ0n) is 18.6. The Morgan fingerprint density at radius 3 is 2.33 bits per heavy atom. The summed E-state index contributed by atoms with van der Waals surface area (Å²) in [5, 5.41) is 13.4. The molecule has 0 saturated heterocycles. The van der Waals surface area contributed by atoms with Gasteiger partial charge in [-0.2, -0.15) is 13.2 Å². The second kappa shape index (κ2) is 9.84. The van der Waals surface area contributed by atoms with E-state index in [4.69, 9.17) is 5.11 Å². The highest BCUT2D eigenvalue weighted by Crippen LogP contribution is 2.48. The molecule has 192 valence electrons. The van der Waals surface area contributed by atoms with Gasteiger partial charge in [-0.05, 0) is 60.2 Å².